The summed E-state index contributed by atoms with van der Waals surface area (Å²) in [6.07, 6.45) is -1.73. The first-order chi connectivity index (χ1) is 15.6. The van der Waals surface area contributed by atoms with Gasteiger partial charge in [-0.05, 0) is 30.7 Å². The highest BCUT2D eigenvalue weighted by Crippen LogP contribution is 2.36. The number of nitrogens with zero attached hydrogens (tertiary/aromatic N) is 6. The molecule has 1 aromatic carbocycles. The van der Waals surface area contributed by atoms with Crippen LogP contribution in [0.1, 0.15) is 11.3 Å². The maximum absolute atomic E-state index is 13.4. The van der Waals surface area contributed by atoms with Gasteiger partial charge < -0.3 is 5.73 Å². The first kappa shape index (κ1) is 20.7. The van der Waals surface area contributed by atoms with E-state index in [-0.39, 0.29) is 11.3 Å². The molecule has 0 unspecified atom stereocenters. The Morgan fingerprint density at radius 3 is 2.42 bits per heavy atom. The van der Waals surface area contributed by atoms with Gasteiger partial charge in [0.2, 0.25) is 0 Å². The molecular weight excluding hydrogens is 435 g/mol. The highest BCUT2D eigenvalue weighted by Gasteiger charge is 2.34. The molecule has 5 aromatic rings. The molecule has 0 amide bonds. The summed E-state index contributed by atoms with van der Waals surface area (Å²) < 4.78 is 44.7. The van der Waals surface area contributed by atoms with Gasteiger partial charge in [-0.3, -0.25) is 14.2 Å². The number of nitrogen functional groups attached to an aromatic ring is 1. The molecule has 4 heterocycles. The predicted molar refractivity (Wildman–Crippen MR) is 118 cm³/mol. The predicted octanol–water partition coefficient (Wildman–Crippen LogP) is 3.58. The lowest BCUT2D eigenvalue weighted by atomic mass is 10.0. The van der Waals surface area contributed by atoms with Crippen molar-refractivity contribution in [1.82, 2.24) is 28.9 Å². The van der Waals surface area contributed by atoms with Crippen molar-refractivity contribution < 1.29 is 13.2 Å². The minimum atomic E-state index is -4.63. The van der Waals surface area contributed by atoms with Crippen molar-refractivity contribution in [2.45, 2.75) is 13.1 Å². The van der Waals surface area contributed by atoms with Crippen LogP contribution in [-0.4, -0.2) is 28.9 Å². The minimum Gasteiger partial charge on any atom is -0.383 e. The fourth-order valence-corrected chi connectivity index (χ4v) is 4.06. The average molecular weight is 453 g/mol. The van der Waals surface area contributed by atoms with Crippen LogP contribution in [0.2, 0.25) is 0 Å². The molecule has 0 aliphatic rings. The lowest BCUT2D eigenvalue weighted by molar-refractivity contribution is -0.137. The Hall–Kier alpha value is -4.15. The van der Waals surface area contributed by atoms with E-state index in [1.165, 1.54) is 15.3 Å². The SMILES string of the molecule is Cc1cc(-n2c(=O)n(C)c3cnc4ccc(-c5cnc(N)c(C(F)(F)F)c5)cc4c32)n(C)n1. The zero-order valence-corrected chi connectivity index (χ0v) is 17.8. The van der Waals surface area contributed by atoms with Crippen LogP contribution >= 0.6 is 0 Å². The van der Waals surface area contributed by atoms with Crippen LogP contribution in [0.3, 0.4) is 0 Å². The van der Waals surface area contributed by atoms with E-state index in [1.54, 1.807) is 49.2 Å². The summed E-state index contributed by atoms with van der Waals surface area (Å²) in [6, 6.07) is 7.82. The van der Waals surface area contributed by atoms with E-state index in [4.69, 9.17) is 5.73 Å². The Labute approximate surface area is 184 Å². The Bertz CT molecular complexity index is 1630. The smallest absolute Gasteiger partial charge is 0.383 e. The summed E-state index contributed by atoms with van der Waals surface area (Å²) in [5, 5.41) is 4.94. The van der Waals surface area contributed by atoms with Gasteiger partial charge in [-0.2, -0.15) is 18.3 Å². The van der Waals surface area contributed by atoms with Crippen LogP contribution in [0.25, 0.3) is 38.9 Å². The molecule has 0 saturated carbocycles. The third kappa shape index (κ3) is 3.15. The number of aryl methyl sites for hydroxylation is 3. The zero-order valence-electron chi connectivity index (χ0n) is 17.8. The van der Waals surface area contributed by atoms with Gasteiger partial charge >= 0.3 is 11.9 Å². The highest BCUT2D eigenvalue weighted by atomic mass is 19.4. The molecule has 33 heavy (non-hydrogen) atoms. The molecule has 8 nitrogen and oxygen atoms in total. The average Bonchev–Trinajstić information content (AvgIpc) is 3.22. The fraction of sp³-hybridized carbons (Fsp3) is 0.182. The zero-order chi connectivity index (χ0) is 23.7. The van der Waals surface area contributed by atoms with Gasteiger partial charge in [0.1, 0.15) is 11.6 Å². The number of halogens is 3. The molecule has 5 rings (SSSR count). The number of benzene rings is 1. The molecule has 0 bridgehead atoms. The van der Waals surface area contributed by atoms with Crippen molar-refractivity contribution in [2.75, 3.05) is 5.73 Å². The molecule has 11 heteroatoms. The number of hydrogen-bond donors (Lipinski definition) is 1. The maximum Gasteiger partial charge on any atom is 0.419 e. The second-order valence-corrected chi connectivity index (χ2v) is 7.82. The summed E-state index contributed by atoms with van der Waals surface area (Å²) in [5.41, 5.74) is 7.37. The number of aromatic nitrogens is 6. The van der Waals surface area contributed by atoms with E-state index in [0.29, 0.717) is 33.3 Å². The Kier molecular flexibility index (Phi) is 4.35. The number of alkyl halides is 3. The third-order valence-electron chi connectivity index (χ3n) is 5.65. The standard InChI is InChI=1S/C22H18F3N7O/c1-11-6-18(31(3)29-11)32-19-14-7-12(13-8-15(22(23,24)25)20(26)28-9-13)4-5-16(14)27-10-17(19)30(2)21(32)33/h4-10H,1-3H3,(H2,26,28). The molecule has 0 atom stereocenters. The Balaban J connectivity index is 1.84. The normalized spacial score (nSPS) is 12.2. The summed E-state index contributed by atoms with van der Waals surface area (Å²) in [5.74, 6) is -0.0194. The van der Waals surface area contributed by atoms with Gasteiger partial charge in [-0.25, -0.2) is 14.3 Å². The highest BCUT2D eigenvalue weighted by molar-refractivity contribution is 6.04. The molecule has 0 aliphatic heterocycles. The van der Waals surface area contributed by atoms with Gasteiger partial charge in [0.25, 0.3) is 0 Å². The molecule has 4 aromatic heterocycles. The van der Waals surface area contributed by atoms with Gasteiger partial charge in [0, 0.05) is 37.3 Å². The van der Waals surface area contributed by atoms with Crippen molar-refractivity contribution in [3.63, 3.8) is 0 Å². The number of rotatable bonds is 2. The van der Waals surface area contributed by atoms with Gasteiger partial charge in [-0.1, -0.05) is 6.07 Å². The number of hydrogen-bond acceptors (Lipinski definition) is 5. The van der Waals surface area contributed by atoms with E-state index in [9.17, 15) is 18.0 Å². The fourth-order valence-electron chi connectivity index (χ4n) is 4.06. The molecule has 2 N–H and O–H groups in total. The van der Waals surface area contributed by atoms with Crippen molar-refractivity contribution in [3.05, 3.63) is 64.5 Å². The van der Waals surface area contributed by atoms with Crippen LogP contribution in [0.4, 0.5) is 19.0 Å². The van der Waals surface area contributed by atoms with E-state index >= 15 is 0 Å². The van der Waals surface area contributed by atoms with Crippen LogP contribution < -0.4 is 11.4 Å². The van der Waals surface area contributed by atoms with Crippen molar-refractivity contribution in [2.24, 2.45) is 14.1 Å². The molecule has 0 saturated heterocycles. The van der Waals surface area contributed by atoms with Crippen LogP contribution in [0.5, 0.6) is 0 Å². The topological polar surface area (TPSA) is 96.5 Å². The molecule has 0 radical (unpaired) electrons. The monoisotopic (exact) mass is 453 g/mol. The second kappa shape index (κ2) is 6.92. The quantitative estimate of drug-likeness (QED) is 0.441. The number of nitrogens with two attached hydrogens (primary N) is 1. The summed E-state index contributed by atoms with van der Waals surface area (Å²) >= 11 is 0. The summed E-state index contributed by atoms with van der Waals surface area (Å²) in [4.78, 5) is 21.3. The lowest BCUT2D eigenvalue weighted by Crippen LogP contribution is -2.22. The molecule has 0 aliphatic carbocycles. The van der Waals surface area contributed by atoms with Gasteiger partial charge in [0.05, 0.1) is 34.0 Å². The Morgan fingerprint density at radius 2 is 1.76 bits per heavy atom. The lowest BCUT2D eigenvalue weighted by Gasteiger charge is -2.12. The van der Waals surface area contributed by atoms with Crippen molar-refractivity contribution in [1.29, 1.82) is 0 Å². The number of imidazole rings is 1. The van der Waals surface area contributed by atoms with E-state index in [0.717, 1.165) is 11.8 Å². The van der Waals surface area contributed by atoms with Gasteiger partial charge in [-0.15, -0.1) is 0 Å². The number of fused-ring (bicyclic) bond motifs is 3. The second-order valence-electron chi connectivity index (χ2n) is 7.82. The van der Waals surface area contributed by atoms with E-state index in [1.807, 2.05) is 6.92 Å². The maximum atomic E-state index is 13.4. The Morgan fingerprint density at radius 1 is 1.00 bits per heavy atom. The third-order valence-corrected chi connectivity index (χ3v) is 5.65. The van der Waals surface area contributed by atoms with E-state index < -0.39 is 17.6 Å². The van der Waals surface area contributed by atoms with E-state index in [2.05, 4.69) is 15.1 Å². The first-order valence-electron chi connectivity index (χ1n) is 9.90. The number of pyridine rings is 2. The first-order valence-corrected chi connectivity index (χ1v) is 9.90. The molecular formula is C22H18F3N7O. The summed E-state index contributed by atoms with van der Waals surface area (Å²) in [7, 11) is 3.38. The van der Waals surface area contributed by atoms with Gasteiger partial charge in [0.15, 0.2) is 0 Å². The van der Waals surface area contributed by atoms with Crippen LogP contribution in [-0.2, 0) is 20.3 Å². The largest absolute Gasteiger partial charge is 0.419 e. The van der Waals surface area contributed by atoms with Crippen molar-refractivity contribution in [3.8, 4) is 16.9 Å². The van der Waals surface area contributed by atoms with Crippen molar-refractivity contribution >= 4 is 27.8 Å². The summed E-state index contributed by atoms with van der Waals surface area (Å²) in [6.45, 7) is 1.82. The number of anilines is 1. The molecule has 0 spiro atoms. The van der Waals surface area contributed by atoms with Crippen LogP contribution in [0, 0.1) is 6.92 Å². The molecule has 0 fully saturated rings. The molecule has 168 valence electrons. The van der Waals surface area contributed by atoms with Crippen LogP contribution in [0.15, 0.2) is 47.5 Å². The minimum absolute atomic E-state index is 0.247.